The standard InChI is InChI=1S/C10H19N3O3S2/c1-9-10(17-8-11-9)7-13(3)18(15,16)12(2)5-4-6-14/h8,14H,4-7H2,1-3H3. The minimum Gasteiger partial charge on any atom is -0.396 e. The van der Waals surface area contributed by atoms with E-state index in [1.807, 2.05) is 6.92 Å². The highest BCUT2D eigenvalue weighted by atomic mass is 32.2. The molecule has 0 saturated heterocycles. The molecular weight excluding hydrogens is 274 g/mol. The van der Waals surface area contributed by atoms with E-state index < -0.39 is 10.2 Å². The maximum Gasteiger partial charge on any atom is 0.281 e. The van der Waals surface area contributed by atoms with Crippen LogP contribution in [0.25, 0.3) is 0 Å². The van der Waals surface area contributed by atoms with Crippen LogP contribution in [0.5, 0.6) is 0 Å². The first-order valence-corrected chi connectivity index (χ1v) is 7.84. The molecule has 1 aromatic rings. The Morgan fingerprint density at radius 1 is 1.39 bits per heavy atom. The fraction of sp³-hybridized carbons (Fsp3) is 0.700. The zero-order valence-corrected chi connectivity index (χ0v) is 12.5. The third kappa shape index (κ3) is 3.72. The number of aromatic nitrogens is 1. The lowest BCUT2D eigenvalue weighted by atomic mass is 10.4. The summed E-state index contributed by atoms with van der Waals surface area (Å²) in [5.41, 5.74) is 2.57. The van der Waals surface area contributed by atoms with Gasteiger partial charge in [-0.3, -0.25) is 0 Å². The average Bonchev–Trinajstić information content (AvgIpc) is 2.71. The van der Waals surface area contributed by atoms with Crippen LogP contribution in [0.2, 0.25) is 0 Å². The molecule has 0 radical (unpaired) electrons. The monoisotopic (exact) mass is 293 g/mol. The minimum atomic E-state index is -3.47. The van der Waals surface area contributed by atoms with Crippen LogP contribution in [-0.2, 0) is 16.8 Å². The van der Waals surface area contributed by atoms with E-state index in [0.29, 0.717) is 19.5 Å². The van der Waals surface area contributed by atoms with Crippen LogP contribution >= 0.6 is 11.3 Å². The summed E-state index contributed by atoms with van der Waals surface area (Å²) >= 11 is 1.45. The van der Waals surface area contributed by atoms with E-state index in [-0.39, 0.29) is 6.61 Å². The second kappa shape index (κ2) is 6.58. The quantitative estimate of drug-likeness (QED) is 0.792. The van der Waals surface area contributed by atoms with Gasteiger partial charge in [-0.05, 0) is 13.3 Å². The Labute approximate surface area is 112 Å². The van der Waals surface area contributed by atoms with E-state index in [4.69, 9.17) is 5.11 Å². The van der Waals surface area contributed by atoms with Crippen LogP contribution in [0.3, 0.4) is 0 Å². The molecule has 0 unspecified atom stereocenters. The highest BCUT2D eigenvalue weighted by molar-refractivity contribution is 7.86. The van der Waals surface area contributed by atoms with E-state index in [1.54, 1.807) is 12.6 Å². The number of nitrogens with zero attached hydrogens (tertiary/aromatic N) is 3. The van der Waals surface area contributed by atoms with Crippen LogP contribution < -0.4 is 0 Å². The predicted molar refractivity (Wildman–Crippen MR) is 71.6 cm³/mol. The second-order valence-corrected chi connectivity index (χ2v) is 7.11. The topological polar surface area (TPSA) is 73.7 Å². The van der Waals surface area contributed by atoms with Crippen molar-refractivity contribution in [1.29, 1.82) is 0 Å². The summed E-state index contributed by atoms with van der Waals surface area (Å²) in [5.74, 6) is 0. The average molecular weight is 293 g/mol. The molecule has 1 aromatic heterocycles. The van der Waals surface area contributed by atoms with E-state index in [1.165, 1.54) is 27.0 Å². The summed E-state index contributed by atoms with van der Waals surface area (Å²) in [6.07, 6.45) is 0.434. The van der Waals surface area contributed by atoms with Gasteiger partial charge >= 0.3 is 0 Å². The Kier molecular flexibility index (Phi) is 5.67. The Morgan fingerprint density at radius 2 is 2.06 bits per heavy atom. The molecule has 0 bridgehead atoms. The molecule has 0 atom stereocenters. The van der Waals surface area contributed by atoms with E-state index in [2.05, 4.69) is 4.98 Å². The van der Waals surface area contributed by atoms with Crippen molar-refractivity contribution >= 4 is 21.5 Å². The van der Waals surface area contributed by atoms with Gasteiger partial charge in [0.2, 0.25) is 0 Å². The van der Waals surface area contributed by atoms with Gasteiger partial charge in [0.1, 0.15) is 0 Å². The number of thiazole rings is 1. The molecule has 0 fully saturated rings. The van der Waals surface area contributed by atoms with Crippen molar-refractivity contribution in [1.82, 2.24) is 13.6 Å². The van der Waals surface area contributed by atoms with Crippen molar-refractivity contribution in [2.45, 2.75) is 19.9 Å². The van der Waals surface area contributed by atoms with E-state index >= 15 is 0 Å². The van der Waals surface area contributed by atoms with Gasteiger partial charge in [-0.1, -0.05) is 0 Å². The van der Waals surface area contributed by atoms with Crippen molar-refractivity contribution in [2.24, 2.45) is 0 Å². The molecule has 0 aromatic carbocycles. The van der Waals surface area contributed by atoms with Gasteiger partial charge < -0.3 is 5.11 Å². The molecule has 18 heavy (non-hydrogen) atoms. The van der Waals surface area contributed by atoms with E-state index in [9.17, 15) is 8.42 Å². The van der Waals surface area contributed by atoms with Gasteiger partial charge in [-0.25, -0.2) is 4.98 Å². The third-order valence-corrected chi connectivity index (χ3v) is 5.44. The molecule has 0 amide bonds. The van der Waals surface area contributed by atoms with Gasteiger partial charge in [0.15, 0.2) is 0 Å². The lowest BCUT2D eigenvalue weighted by molar-refractivity contribution is 0.272. The first kappa shape index (κ1) is 15.5. The molecule has 104 valence electrons. The lowest BCUT2D eigenvalue weighted by Gasteiger charge is -2.23. The van der Waals surface area contributed by atoms with Crippen molar-refractivity contribution in [3.63, 3.8) is 0 Å². The van der Waals surface area contributed by atoms with Crippen LogP contribution in [0.1, 0.15) is 17.0 Å². The summed E-state index contributed by atoms with van der Waals surface area (Å²) in [5, 5.41) is 8.72. The largest absolute Gasteiger partial charge is 0.396 e. The highest BCUT2D eigenvalue weighted by Crippen LogP contribution is 2.17. The minimum absolute atomic E-state index is 0.0163. The number of aliphatic hydroxyl groups excluding tert-OH is 1. The van der Waals surface area contributed by atoms with Crippen LogP contribution in [-0.4, -0.2) is 54.4 Å². The van der Waals surface area contributed by atoms with E-state index in [0.717, 1.165) is 10.6 Å². The zero-order valence-electron chi connectivity index (χ0n) is 10.8. The SMILES string of the molecule is Cc1ncsc1CN(C)S(=O)(=O)N(C)CCCO. The Bertz CT molecular complexity index is 472. The fourth-order valence-corrected chi connectivity index (χ4v) is 3.45. The Hall–Kier alpha value is -0.540. The summed E-state index contributed by atoms with van der Waals surface area (Å²) in [7, 11) is -0.409. The lowest BCUT2D eigenvalue weighted by Crippen LogP contribution is -2.39. The summed E-state index contributed by atoms with van der Waals surface area (Å²) < 4.78 is 26.8. The first-order chi connectivity index (χ1) is 8.39. The molecule has 8 heteroatoms. The van der Waals surface area contributed by atoms with Gasteiger partial charge in [0, 0.05) is 32.1 Å². The number of hydrogen-bond donors (Lipinski definition) is 1. The van der Waals surface area contributed by atoms with Gasteiger partial charge in [-0.2, -0.15) is 17.0 Å². The molecule has 6 nitrogen and oxygen atoms in total. The molecule has 0 aliphatic heterocycles. The molecule has 0 aliphatic carbocycles. The van der Waals surface area contributed by atoms with Crippen molar-refractivity contribution < 1.29 is 13.5 Å². The Morgan fingerprint density at radius 3 is 2.56 bits per heavy atom. The van der Waals surface area contributed by atoms with Gasteiger partial charge in [0.25, 0.3) is 10.2 Å². The number of aliphatic hydroxyl groups is 1. The third-order valence-electron chi connectivity index (χ3n) is 2.63. The second-order valence-electron chi connectivity index (χ2n) is 4.02. The van der Waals surface area contributed by atoms with Crippen LogP contribution in [0.15, 0.2) is 5.51 Å². The molecule has 1 heterocycles. The zero-order chi connectivity index (χ0) is 13.8. The maximum absolute atomic E-state index is 12.1. The highest BCUT2D eigenvalue weighted by Gasteiger charge is 2.24. The molecule has 0 spiro atoms. The van der Waals surface area contributed by atoms with Crippen molar-refractivity contribution in [2.75, 3.05) is 27.2 Å². The molecule has 0 aliphatic rings. The number of rotatable bonds is 7. The molecular formula is C10H19N3O3S2. The smallest absolute Gasteiger partial charge is 0.281 e. The summed E-state index contributed by atoms with van der Waals surface area (Å²) in [6, 6.07) is 0. The molecule has 0 saturated carbocycles. The Balaban J connectivity index is 2.70. The number of aryl methyl sites for hydroxylation is 1. The number of hydrogen-bond acceptors (Lipinski definition) is 5. The normalized spacial score (nSPS) is 12.6. The van der Waals surface area contributed by atoms with Gasteiger partial charge in [0.05, 0.1) is 17.7 Å². The maximum atomic E-state index is 12.1. The first-order valence-electron chi connectivity index (χ1n) is 5.57. The predicted octanol–water partition coefficient (Wildman–Crippen LogP) is 0.442. The molecule has 1 rings (SSSR count). The van der Waals surface area contributed by atoms with Gasteiger partial charge in [-0.15, -0.1) is 11.3 Å². The van der Waals surface area contributed by atoms with Crippen LogP contribution in [0.4, 0.5) is 0 Å². The molecule has 1 N–H and O–H groups in total. The van der Waals surface area contributed by atoms with Crippen LogP contribution in [0, 0.1) is 6.92 Å². The summed E-state index contributed by atoms with van der Waals surface area (Å²) in [6.45, 7) is 2.48. The van der Waals surface area contributed by atoms with Crippen molar-refractivity contribution in [3.05, 3.63) is 16.1 Å². The van der Waals surface area contributed by atoms with Crippen molar-refractivity contribution in [3.8, 4) is 0 Å². The summed E-state index contributed by atoms with van der Waals surface area (Å²) in [4.78, 5) is 5.04. The fourth-order valence-electron chi connectivity index (χ4n) is 1.41.